The van der Waals surface area contributed by atoms with Gasteiger partial charge in [-0.05, 0) is 31.4 Å². The second kappa shape index (κ2) is 4.54. The molecule has 0 bridgehead atoms. The molecule has 1 aromatic rings. The average Bonchev–Trinajstić information content (AvgIpc) is 2.07. The van der Waals surface area contributed by atoms with Crippen molar-refractivity contribution in [2.75, 3.05) is 0 Å². The smallest absolute Gasteiger partial charge is 0.101 e. The third kappa shape index (κ3) is 2.79. The molecule has 2 heteroatoms. The Labute approximate surface area is 85.4 Å². The third-order valence-corrected chi connectivity index (χ3v) is 2.20. The van der Waals surface area contributed by atoms with Gasteiger partial charge in [-0.1, -0.05) is 19.9 Å². The number of aromatic nitrogens is 1. The lowest BCUT2D eigenvalue weighted by Crippen LogP contribution is -2.06. The molecule has 78 valence electrons. The predicted molar refractivity (Wildman–Crippen MR) is 57.3 cm³/mol. The minimum absolute atomic E-state index is 0.364. The normalized spacial score (nSPS) is 13.3. The van der Waals surface area contributed by atoms with Gasteiger partial charge in [-0.15, -0.1) is 0 Å². The number of hydrogen-bond donors (Lipinski definition) is 0. The van der Waals surface area contributed by atoms with Gasteiger partial charge in [-0.25, -0.2) is 4.39 Å². The van der Waals surface area contributed by atoms with Gasteiger partial charge in [0.2, 0.25) is 0 Å². The molecule has 0 aliphatic heterocycles. The van der Waals surface area contributed by atoms with Crippen molar-refractivity contribution in [3.8, 4) is 0 Å². The first kappa shape index (κ1) is 11.2. The average molecular weight is 195 g/mol. The summed E-state index contributed by atoms with van der Waals surface area (Å²) in [7, 11) is 0. The minimum Gasteiger partial charge on any atom is -0.258 e. The second-order valence-electron chi connectivity index (χ2n) is 4.14. The molecule has 0 aliphatic carbocycles. The van der Waals surface area contributed by atoms with Gasteiger partial charge in [0.05, 0.1) is 0 Å². The molecule has 0 aromatic carbocycles. The Morgan fingerprint density at radius 3 is 2.43 bits per heavy atom. The van der Waals surface area contributed by atoms with Crippen LogP contribution >= 0.6 is 0 Å². The Balaban J connectivity index is 3.02. The Hall–Kier alpha value is -0.920. The monoisotopic (exact) mass is 195 g/mol. The largest absolute Gasteiger partial charge is 0.258 e. The molecule has 0 aliphatic rings. The van der Waals surface area contributed by atoms with E-state index in [0.29, 0.717) is 12.3 Å². The Morgan fingerprint density at radius 1 is 1.29 bits per heavy atom. The molecule has 1 nitrogen and oxygen atoms in total. The van der Waals surface area contributed by atoms with Crippen LogP contribution in [0, 0.1) is 6.92 Å². The SMILES string of the molecule is Cc1ccc(CC(C)F)c(C(C)C)n1. The quantitative estimate of drug-likeness (QED) is 0.720. The number of pyridine rings is 1. The van der Waals surface area contributed by atoms with Gasteiger partial charge in [-0.3, -0.25) is 4.98 Å². The summed E-state index contributed by atoms with van der Waals surface area (Å²) in [5, 5.41) is 0. The Morgan fingerprint density at radius 2 is 1.93 bits per heavy atom. The van der Waals surface area contributed by atoms with E-state index < -0.39 is 6.17 Å². The predicted octanol–water partition coefficient (Wildman–Crippen LogP) is 3.41. The summed E-state index contributed by atoms with van der Waals surface area (Å²) in [6, 6.07) is 3.94. The number of nitrogens with zero attached hydrogens (tertiary/aromatic N) is 1. The lowest BCUT2D eigenvalue weighted by molar-refractivity contribution is 0.358. The van der Waals surface area contributed by atoms with E-state index in [9.17, 15) is 4.39 Å². The Kier molecular flexibility index (Phi) is 3.62. The zero-order chi connectivity index (χ0) is 10.7. The minimum atomic E-state index is -0.794. The van der Waals surface area contributed by atoms with Crippen molar-refractivity contribution in [3.63, 3.8) is 0 Å². The van der Waals surface area contributed by atoms with Crippen molar-refractivity contribution in [1.29, 1.82) is 0 Å². The molecule has 1 atom stereocenters. The number of rotatable bonds is 3. The molecule has 0 amide bonds. The van der Waals surface area contributed by atoms with Gasteiger partial charge in [0.15, 0.2) is 0 Å². The van der Waals surface area contributed by atoms with Crippen molar-refractivity contribution in [3.05, 3.63) is 29.1 Å². The van der Waals surface area contributed by atoms with Crippen LogP contribution in [0.5, 0.6) is 0 Å². The molecule has 0 fully saturated rings. The highest BCUT2D eigenvalue weighted by Crippen LogP contribution is 2.19. The first-order chi connectivity index (χ1) is 6.50. The highest BCUT2D eigenvalue weighted by Gasteiger charge is 2.10. The van der Waals surface area contributed by atoms with Crippen LogP contribution in [0.1, 0.15) is 43.6 Å². The fourth-order valence-corrected chi connectivity index (χ4v) is 1.58. The van der Waals surface area contributed by atoms with Crippen LogP contribution in [-0.4, -0.2) is 11.2 Å². The van der Waals surface area contributed by atoms with E-state index >= 15 is 0 Å². The molecule has 1 rings (SSSR count). The summed E-state index contributed by atoms with van der Waals surface area (Å²) in [6.45, 7) is 7.74. The molecule has 0 N–H and O–H groups in total. The van der Waals surface area contributed by atoms with Crippen LogP contribution in [0.3, 0.4) is 0 Å². The van der Waals surface area contributed by atoms with Gasteiger partial charge in [0.25, 0.3) is 0 Å². The van der Waals surface area contributed by atoms with Crippen LogP contribution < -0.4 is 0 Å². The van der Waals surface area contributed by atoms with E-state index in [1.54, 1.807) is 6.92 Å². The zero-order valence-electron chi connectivity index (χ0n) is 9.34. The molecule has 0 saturated carbocycles. The van der Waals surface area contributed by atoms with E-state index in [1.165, 1.54) is 0 Å². The standard InChI is InChI=1S/C12H18FN/c1-8(2)12-11(7-9(3)13)6-5-10(4)14-12/h5-6,8-9H,7H2,1-4H3. The van der Waals surface area contributed by atoms with Crippen LogP contribution in [0.25, 0.3) is 0 Å². The summed E-state index contributed by atoms with van der Waals surface area (Å²) in [6.07, 6.45) is -0.321. The molecule has 0 saturated heterocycles. The van der Waals surface area contributed by atoms with Crippen molar-refractivity contribution < 1.29 is 4.39 Å². The van der Waals surface area contributed by atoms with E-state index in [1.807, 2.05) is 19.1 Å². The maximum Gasteiger partial charge on any atom is 0.101 e. The maximum absolute atomic E-state index is 12.9. The van der Waals surface area contributed by atoms with Gasteiger partial charge >= 0.3 is 0 Å². The van der Waals surface area contributed by atoms with Crippen LogP contribution in [-0.2, 0) is 6.42 Å². The second-order valence-corrected chi connectivity index (χ2v) is 4.14. The number of hydrogen-bond acceptors (Lipinski definition) is 1. The molecule has 0 spiro atoms. The molecular weight excluding hydrogens is 177 g/mol. The number of aryl methyl sites for hydroxylation is 1. The highest BCUT2D eigenvalue weighted by molar-refractivity contribution is 5.25. The fraction of sp³-hybridized carbons (Fsp3) is 0.583. The topological polar surface area (TPSA) is 12.9 Å². The third-order valence-electron chi connectivity index (χ3n) is 2.20. The number of alkyl halides is 1. The van der Waals surface area contributed by atoms with Gasteiger partial charge in [-0.2, -0.15) is 0 Å². The summed E-state index contributed by atoms with van der Waals surface area (Å²) in [4.78, 5) is 4.46. The summed E-state index contributed by atoms with van der Waals surface area (Å²) < 4.78 is 12.9. The lowest BCUT2D eigenvalue weighted by atomic mass is 9.99. The molecule has 1 aromatic heterocycles. The fourth-order valence-electron chi connectivity index (χ4n) is 1.58. The van der Waals surface area contributed by atoms with E-state index in [-0.39, 0.29) is 0 Å². The van der Waals surface area contributed by atoms with Crippen LogP contribution in [0.15, 0.2) is 12.1 Å². The van der Waals surface area contributed by atoms with E-state index in [2.05, 4.69) is 18.8 Å². The van der Waals surface area contributed by atoms with E-state index in [4.69, 9.17) is 0 Å². The molecule has 1 heterocycles. The van der Waals surface area contributed by atoms with Crippen molar-refractivity contribution >= 4 is 0 Å². The van der Waals surface area contributed by atoms with Gasteiger partial charge in [0, 0.05) is 17.8 Å². The first-order valence-corrected chi connectivity index (χ1v) is 5.11. The summed E-state index contributed by atoms with van der Waals surface area (Å²) >= 11 is 0. The zero-order valence-corrected chi connectivity index (χ0v) is 9.34. The first-order valence-electron chi connectivity index (χ1n) is 5.11. The lowest BCUT2D eigenvalue weighted by Gasteiger charge is -2.12. The van der Waals surface area contributed by atoms with Crippen molar-refractivity contribution in [1.82, 2.24) is 4.98 Å². The maximum atomic E-state index is 12.9. The number of halogens is 1. The van der Waals surface area contributed by atoms with Gasteiger partial charge in [0.1, 0.15) is 6.17 Å². The molecule has 0 radical (unpaired) electrons. The highest BCUT2D eigenvalue weighted by atomic mass is 19.1. The van der Waals surface area contributed by atoms with Gasteiger partial charge < -0.3 is 0 Å². The van der Waals surface area contributed by atoms with E-state index in [0.717, 1.165) is 17.0 Å². The molecule has 1 unspecified atom stereocenters. The van der Waals surface area contributed by atoms with Crippen molar-refractivity contribution in [2.24, 2.45) is 0 Å². The van der Waals surface area contributed by atoms with Crippen LogP contribution in [0.2, 0.25) is 0 Å². The van der Waals surface area contributed by atoms with Crippen molar-refractivity contribution in [2.45, 2.75) is 46.2 Å². The molecule has 14 heavy (non-hydrogen) atoms. The molecular formula is C12H18FN. The van der Waals surface area contributed by atoms with Crippen LogP contribution in [0.4, 0.5) is 4.39 Å². The summed E-state index contributed by atoms with van der Waals surface area (Å²) in [5.41, 5.74) is 3.08. The summed E-state index contributed by atoms with van der Waals surface area (Å²) in [5.74, 6) is 0.364. The Bertz CT molecular complexity index is 305.